The number of ketones is 1. The van der Waals surface area contributed by atoms with Crippen LogP contribution in [0.3, 0.4) is 0 Å². The summed E-state index contributed by atoms with van der Waals surface area (Å²) in [5.74, 6) is 0.665. The van der Waals surface area contributed by atoms with Gasteiger partial charge in [-0.3, -0.25) is 4.79 Å². The molecule has 1 saturated heterocycles. The Hall–Kier alpha value is -1.59. The van der Waals surface area contributed by atoms with E-state index in [-0.39, 0.29) is 29.4 Å². The van der Waals surface area contributed by atoms with Gasteiger partial charge in [-0.05, 0) is 31.3 Å². The summed E-state index contributed by atoms with van der Waals surface area (Å²) in [5.41, 5.74) is -1.71. The Bertz CT molecular complexity index is 654. The third kappa shape index (κ3) is 1.69. The highest BCUT2D eigenvalue weighted by molar-refractivity contribution is 5.86. The van der Waals surface area contributed by atoms with Crippen LogP contribution < -0.4 is 5.32 Å². The molecular weight excluding hydrogens is 306 g/mol. The molecule has 0 radical (unpaired) electrons. The van der Waals surface area contributed by atoms with Gasteiger partial charge >= 0.3 is 0 Å². The Labute approximate surface area is 142 Å². The Morgan fingerprint density at radius 3 is 3.04 bits per heavy atom. The summed E-state index contributed by atoms with van der Waals surface area (Å²) in [6, 6.07) is -0.125. The number of Topliss-reactive ketones (excluding diaryl/α,β-unsaturated/α-hetero) is 1. The molecule has 1 heterocycles. The van der Waals surface area contributed by atoms with Crippen LogP contribution in [-0.2, 0) is 9.53 Å². The Morgan fingerprint density at radius 1 is 1.54 bits per heavy atom. The van der Waals surface area contributed by atoms with Crippen molar-refractivity contribution >= 4 is 5.78 Å². The van der Waals surface area contributed by atoms with E-state index in [9.17, 15) is 15.0 Å². The van der Waals surface area contributed by atoms with Crippen LogP contribution in [0.2, 0.25) is 0 Å². The van der Waals surface area contributed by atoms with Gasteiger partial charge in [0.05, 0.1) is 11.0 Å². The van der Waals surface area contributed by atoms with Crippen LogP contribution in [0.25, 0.3) is 0 Å². The predicted molar refractivity (Wildman–Crippen MR) is 89.2 cm³/mol. The van der Waals surface area contributed by atoms with Crippen molar-refractivity contribution in [3.05, 3.63) is 36.3 Å². The van der Waals surface area contributed by atoms with Crippen LogP contribution in [0.15, 0.2) is 36.3 Å². The first-order chi connectivity index (χ1) is 11.5. The summed E-state index contributed by atoms with van der Waals surface area (Å²) < 4.78 is 6.01. The summed E-state index contributed by atoms with van der Waals surface area (Å²) in [7, 11) is 0. The molecule has 2 saturated carbocycles. The van der Waals surface area contributed by atoms with Crippen molar-refractivity contribution < 1.29 is 19.7 Å². The van der Waals surface area contributed by atoms with E-state index in [2.05, 4.69) is 11.9 Å². The lowest BCUT2D eigenvalue weighted by Crippen LogP contribution is -2.72. The molecule has 0 spiro atoms. The second kappa shape index (κ2) is 5.20. The molecule has 3 aliphatic carbocycles. The molecule has 0 bridgehead atoms. The Kier molecular flexibility index (Phi) is 3.45. The molecule has 1 aliphatic heterocycles. The third-order valence-corrected chi connectivity index (χ3v) is 6.76. The second-order valence-corrected chi connectivity index (χ2v) is 7.52. The van der Waals surface area contributed by atoms with E-state index in [1.54, 1.807) is 12.2 Å². The highest BCUT2D eigenvalue weighted by Crippen LogP contribution is 2.66. The molecule has 3 fully saturated rings. The van der Waals surface area contributed by atoms with Crippen molar-refractivity contribution in [2.24, 2.45) is 17.3 Å². The number of carbonyl (C=O) groups is 1. The van der Waals surface area contributed by atoms with Crippen LogP contribution in [0.1, 0.15) is 32.6 Å². The van der Waals surface area contributed by atoms with E-state index in [1.165, 1.54) is 0 Å². The van der Waals surface area contributed by atoms with Crippen LogP contribution in [-0.4, -0.2) is 40.3 Å². The van der Waals surface area contributed by atoms with E-state index in [1.807, 2.05) is 13.0 Å². The van der Waals surface area contributed by atoms with Crippen molar-refractivity contribution in [3.63, 3.8) is 0 Å². The number of allylic oxidation sites excluding steroid dienone is 3. The predicted octanol–water partition coefficient (Wildman–Crippen LogP) is 2.00. The molecule has 3 N–H and O–H groups in total. The van der Waals surface area contributed by atoms with E-state index >= 15 is 0 Å². The van der Waals surface area contributed by atoms with Gasteiger partial charge in [0.2, 0.25) is 0 Å². The van der Waals surface area contributed by atoms with Crippen molar-refractivity contribution in [2.45, 2.75) is 50.4 Å². The monoisotopic (exact) mass is 331 g/mol. The van der Waals surface area contributed by atoms with Crippen LogP contribution in [0.5, 0.6) is 0 Å². The minimum atomic E-state index is -1.03. The van der Waals surface area contributed by atoms with Crippen molar-refractivity contribution in [2.75, 3.05) is 6.54 Å². The fourth-order valence-electron chi connectivity index (χ4n) is 5.80. The lowest BCUT2D eigenvalue weighted by Gasteiger charge is -2.60. The van der Waals surface area contributed by atoms with E-state index in [4.69, 9.17) is 4.74 Å². The lowest BCUT2D eigenvalue weighted by atomic mass is 9.46. The molecule has 0 aromatic carbocycles. The van der Waals surface area contributed by atoms with Gasteiger partial charge in [-0.2, -0.15) is 0 Å². The number of ether oxygens (including phenoxy) is 1. The first-order valence-electron chi connectivity index (χ1n) is 8.87. The number of rotatable bonds is 4. The number of aliphatic hydroxyl groups is 2. The van der Waals surface area contributed by atoms with Crippen molar-refractivity contribution in [3.8, 4) is 0 Å². The summed E-state index contributed by atoms with van der Waals surface area (Å²) in [4.78, 5) is 12.6. The molecule has 5 heteroatoms. The maximum atomic E-state index is 12.6. The van der Waals surface area contributed by atoms with Gasteiger partial charge in [-0.15, -0.1) is 6.58 Å². The topological polar surface area (TPSA) is 78.8 Å². The van der Waals surface area contributed by atoms with Gasteiger partial charge in [-0.25, -0.2) is 0 Å². The largest absolute Gasteiger partial charge is 0.504 e. The molecule has 4 rings (SSSR count). The van der Waals surface area contributed by atoms with E-state index in [0.717, 1.165) is 6.42 Å². The quantitative estimate of drug-likeness (QED) is 0.687. The summed E-state index contributed by atoms with van der Waals surface area (Å²) in [6.45, 7) is 6.39. The molecule has 0 aromatic heterocycles. The van der Waals surface area contributed by atoms with Crippen LogP contribution in [0, 0.1) is 17.3 Å². The van der Waals surface area contributed by atoms with Crippen molar-refractivity contribution in [1.29, 1.82) is 0 Å². The number of hydrogen-bond acceptors (Lipinski definition) is 5. The molecule has 0 aromatic rings. The minimum Gasteiger partial charge on any atom is -0.504 e. The molecule has 5 nitrogen and oxygen atoms in total. The average molecular weight is 331 g/mol. The molecule has 0 amide bonds. The van der Waals surface area contributed by atoms with Crippen LogP contribution in [0.4, 0.5) is 0 Å². The normalized spacial score (nSPS) is 45.8. The van der Waals surface area contributed by atoms with E-state index in [0.29, 0.717) is 31.6 Å². The zero-order valence-electron chi connectivity index (χ0n) is 14.0. The molecule has 3 unspecified atom stereocenters. The number of aliphatic hydroxyl groups excluding tert-OH is 1. The Balaban J connectivity index is 1.89. The van der Waals surface area contributed by atoms with Gasteiger partial charge in [0, 0.05) is 24.9 Å². The van der Waals surface area contributed by atoms with Crippen LogP contribution >= 0.6 is 0 Å². The standard InChI is InChI=1S/C19H25NO4/c1-3-9-20-14-10-11-5-6-12(21)16-15(11)18(4-2)17(24-16)13(22)7-8-19(14,18)23/h3,5-6,11,14-15,17,20-21,23H,1,4,7-10H2,2H3/t11?,14-,15?,17?,18+,19-/m1/s1. The number of nitrogens with one attached hydrogen (secondary N) is 1. The van der Waals surface area contributed by atoms with Gasteiger partial charge < -0.3 is 20.3 Å². The summed E-state index contributed by atoms with van der Waals surface area (Å²) in [6.07, 6.45) is 6.96. The molecular formula is C19H25NO4. The second-order valence-electron chi connectivity index (χ2n) is 7.52. The van der Waals surface area contributed by atoms with Crippen molar-refractivity contribution in [1.82, 2.24) is 5.32 Å². The fourth-order valence-corrected chi connectivity index (χ4v) is 5.80. The highest BCUT2D eigenvalue weighted by atomic mass is 16.5. The van der Waals surface area contributed by atoms with Gasteiger partial charge in [0.25, 0.3) is 0 Å². The Morgan fingerprint density at radius 2 is 2.33 bits per heavy atom. The first-order valence-corrected chi connectivity index (χ1v) is 8.87. The van der Waals surface area contributed by atoms with Gasteiger partial charge in [-0.1, -0.05) is 19.1 Å². The van der Waals surface area contributed by atoms with Gasteiger partial charge in [0.1, 0.15) is 5.76 Å². The zero-order valence-corrected chi connectivity index (χ0v) is 14.0. The fraction of sp³-hybridized carbons (Fsp3) is 0.632. The number of carbonyl (C=O) groups excluding carboxylic acids is 1. The average Bonchev–Trinajstić information content (AvgIpc) is 2.95. The molecule has 6 atom stereocenters. The minimum absolute atomic E-state index is 0.0411. The lowest BCUT2D eigenvalue weighted by molar-refractivity contribution is -0.202. The van der Waals surface area contributed by atoms with Gasteiger partial charge in [0.15, 0.2) is 17.6 Å². The first kappa shape index (κ1) is 15.9. The smallest absolute Gasteiger partial charge is 0.174 e. The SMILES string of the molecule is C=CCN[C@@H]1CC2C=CC(O)=C3OC4C(=O)CC[C@]1(O)[C@@]4(CC)C32. The zero-order chi connectivity index (χ0) is 17.1. The molecule has 130 valence electrons. The highest BCUT2D eigenvalue weighted by Gasteiger charge is 2.74. The summed E-state index contributed by atoms with van der Waals surface area (Å²) >= 11 is 0. The summed E-state index contributed by atoms with van der Waals surface area (Å²) in [5, 5.41) is 25.5. The molecule has 4 aliphatic rings. The maximum absolute atomic E-state index is 12.6. The maximum Gasteiger partial charge on any atom is 0.174 e. The number of hydrogen-bond donors (Lipinski definition) is 3. The molecule has 24 heavy (non-hydrogen) atoms. The van der Waals surface area contributed by atoms with E-state index < -0.39 is 17.1 Å². The third-order valence-electron chi connectivity index (χ3n) is 6.76.